The van der Waals surface area contributed by atoms with E-state index in [1.165, 1.54) is 12.8 Å². The maximum Gasteiger partial charge on any atom is 0.107 e. The molecule has 2 rings (SSSR count). The molecule has 0 aliphatic carbocycles. The molecule has 1 aromatic rings. The minimum Gasteiger partial charge on any atom is -0.389 e. The zero-order chi connectivity index (χ0) is 13.3. The molecule has 0 amide bonds. The molecule has 18 heavy (non-hydrogen) atoms. The van der Waals surface area contributed by atoms with Crippen LogP contribution in [0.5, 0.6) is 0 Å². The van der Waals surface area contributed by atoms with Gasteiger partial charge in [0.15, 0.2) is 0 Å². The van der Waals surface area contributed by atoms with Crippen molar-refractivity contribution >= 4 is 38.8 Å². The van der Waals surface area contributed by atoms with Crippen molar-refractivity contribution in [3.63, 3.8) is 0 Å². The number of halogens is 1. The van der Waals surface area contributed by atoms with Crippen molar-refractivity contribution in [1.82, 2.24) is 0 Å². The second-order valence-electron chi connectivity index (χ2n) is 5.69. The maximum atomic E-state index is 5.86. The highest BCUT2D eigenvalue weighted by Gasteiger charge is 2.28. The van der Waals surface area contributed by atoms with Gasteiger partial charge in [-0.05, 0) is 46.3 Å². The number of hydrogen-bond acceptors (Lipinski definition) is 2. The lowest BCUT2D eigenvalue weighted by Gasteiger charge is -2.40. The Bertz CT molecular complexity index is 471. The van der Waals surface area contributed by atoms with E-state index in [2.05, 4.69) is 40.7 Å². The van der Waals surface area contributed by atoms with Crippen molar-refractivity contribution in [3.05, 3.63) is 28.2 Å². The molecular formula is C14H19BrN2S. The van der Waals surface area contributed by atoms with Crippen LogP contribution in [-0.4, -0.2) is 18.1 Å². The van der Waals surface area contributed by atoms with E-state index in [-0.39, 0.29) is 0 Å². The Kier molecular flexibility index (Phi) is 3.97. The van der Waals surface area contributed by atoms with Crippen LogP contribution in [0.3, 0.4) is 0 Å². The van der Waals surface area contributed by atoms with Gasteiger partial charge in [0.2, 0.25) is 0 Å². The minimum absolute atomic E-state index is 0.355. The highest BCUT2D eigenvalue weighted by atomic mass is 79.9. The van der Waals surface area contributed by atoms with E-state index in [0.717, 1.165) is 28.8 Å². The van der Waals surface area contributed by atoms with Crippen LogP contribution in [0, 0.1) is 5.41 Å². The summed E-state index contributed by atoms with van der Waals surface area (Å²) in [5.74, 6) is 0. The van der Waals surface area contributed by atoms with Gasteiger partial charge in [-0.1, -0.05) is 32.1 Å². The van der Waals surface area contributed by atoms with Gasteiger partial charge in [0.05, 0.1) is 0 Å². The molecule has 2 N–H and O–H groups in total. The Morgan fingerprint density at radius 2 is 2.17 bits per heavy atom. The van der Waals surface area contributed by atoms with Gasteiger partial charge in [-0.2, -0.15) is 0 Å². The summed E-state index contributed by atoms with van der Waals surface area (Å²) in [5.41, 5.74) is 8.34. The second-order valence-corrected chi connectivity index (χ2v) is 6.98. The number of anilines is 1. The first-order chi connectivity index (χ1) is 8.41. The van der Waals surface area contributed by atoms with Crippen molar-refractivity contribution in [1.29, 1.82) is 0 Å². The summed E-state index contributed by atoms with van der Waals surface area (Å²) in [4.78, 5) is 2.86. The highest BCUT2D eigenvalue weighted by molar-refractivity contribution is 9.10. The first-order valence-electron chi connectivity index (χ1n) is 6.24. The normalized spacial score (nSPS) is 18.7. The van der Waals surface area contributed by atoms with E-state index < -0.39 is 0 Å². The van der Waals surface area contributed by atoms with Gasteiger partial charge < -0.3 is 10.6 Å². The van der Waals surface area contributed by atoms with Crippen LogP contribution in [0.15, 0.2) is 22.7 Å². The zero-order valence-corrected chi connectivity index (χ0v) is 13.3. The monoisotopic (exact) mass is 326 g/mol. The number of piperidine rings is 1. The largest absolute Gasteiger partial charge is 0.389 e. The third-order valence-corrected chi connectivity index (χ3v) is 4.34. The highest BCUT2D eigenvalue weighted by Crippen LogP contribution is 2.35. The molecule has 2 nitrogen and oxygen atoms in total. The zero-order valence-electron chi connectivity index (χ0n) is 10.9. The lowest BCUT2D eigenvalue weighted by molar-refractivity contribution is 0.293. The number of nitrogens with zero attached hydrogens (tertiary/aromatic N) is 1. The van der Waals surface area contributed by atoms with Crippen molar-refractivity contribution in [3.8, 4) is 0 Å². The van der Waals surface area contributed by atoms with E-state index >= 15 is 0 Å². The van der Waals surface area contributed by atoms with Crippen LogP contribution in [0.1, 0.15) is 32.3 Å². The summed E-state index contributed by atoms with van der Waals surface area (Å²) in [5, 5.41) is 0. The lowest BCUT2D eigenvalue weighted by atomic mass is 9.84. The number of benzene rings is 1. The molecule has 1 fully saturated rings. The molecule has 0 aromatic heterocycles. The molecule has 0 atom stereocenters. The van der Waals surface area contributed by atoms with Gasteiger partial charge in [-0.3, -0.25) is 0 Å². The van der Waals surface area contributed by atoms with Crippen LogP contribution in [0.4, 0.5) is 5.69 Å². The summed E-state index contributed by atoms with van der Waals surface area (Å²) < 4.78 is 0.982. The van der Waals surface area contributed by atoms with Crippen LogP contribution in [0.2, 0.25) is 0 Å². The number of rotatable bonds is 2. The maximum absolute atomic E-state index is 5.86. The molecule has 0 saturated carbocycles. The third-order valence-electron chi connectivity index (χ3n) is 3.48. The van der Waals surface area contributed by atoms with Crippen LogP contribution >= 0.6 is 28.1 Å². The summed E-state index contributed by atoms with van der Waals surface area (Å²) in [6, 6.07) is 6.15. The lowest BCUT2D eigenvalue weighted by Crippen LogP contribution is -2.41. The van der Waals surface area contributed by atoms with Crippen LogP contribution in [-0.2, 0) is 0 Å². The van der Waals surface area contributed by atoms with E-state index in [9.17, 15) is 0 Å². The molecular weight excluding hydrogens is 308 g/mol. The van der Waals surface area contributed by atoms with Crippen molar-refractivity contribution in [2.45, 2.75) is 26.7 Å². The Labute approximate surface area is 123 Å². The van der Waals surface area contributed by atoms with E-state index in [1.807, 2.05) is 12.1 Å². The van der Waals surface area contributed by atoms with Gasteiger partial charge >= 0.3 is 0 Å². The quantitative estimate of drug-likeness (QED) is 0.840. The van der Waals surface area contributed by atoms with Gasteiger partial charge in [-0.25, -0.2) is 0 Å². The molecule has 1 heterocycles. The Morgan fingerprint density at radius 1 is 1.44 bits per heavy atom. The SMILES string of the molecule is CC1(C)CCCN(c2cccc(Br)c2C(N)=S)C1. The summed E-state index contributed by atoms with van der Waals surface area (Å²) in [6.45, 7) is 6.77. The van der Waals surface area contributed by atoms with Gasteiger partial charge in [0.25, 0.3) is 0 Å². The van der Waals surface area contributed by atoms with E-state index in [0.29, 0.717) is 10.4 Å². The van der Waals surface area contributed by atoms with Crippen LogP contribution in [0.25, 0.3) is 0 Å². The van der Waals surface area contributed by atoms with E-state index in [1.54, 1.807) is 0 Å². The minimum atomic E-state index is 0.355. The van der Waals surface area contributed by atoms with Crippen molar-refractivity contribution in [2.24, 2.45) is 11.1 Å². The summed E-state index contributed by atoms with van der Waals surface area (Å²) >= 11 is 8.73. The average Bonchev–Trinajstić information content (AvgIpc) is 2.26. The molecule has 0 unspecified atom stereocenters. The third kappa shape index (κ3) is 2.86. The molecule has 98 valence electrons. The van der Waals surface area contributed by atoms with Crippen molar-refractivity contribution in [2.75, 3.05) is 18.0 Å². The molecule has 1 aliphatic rings. The predicted octanol–water partition coefficient (Wildman–Crippen LogP) is 3.71. The van der Waals surface area contributed by atoms with E-state index in [4.69, 9.17) is 18.0 Å². The average molecular weight is 327 g/mol. The number of thiocarbonyl (C=S) groups is 1. The molecule has 1 saturated heterocycles. The summed E-state index contributed by atoms with van der Waals surface area (Å²) in [7, 11) is 0. The first-order valence-corrected chi connectivity index (χ1v) is 7.44. The Balaban J connectivity index is 2.39. The fourth-order valence-corrected chi connectivity index (χ4v) is 3.56. The first kappa shape index (κ1) is 13.8. The Morgan fingerprint density at radius 3 is 2.78 bits per heavy atom. The second kappa shape index (κ2) is 5.17. The molecule has 0 radical (unpaired) electrons. The molecule has 1 aromatic carbocycles. The number of nitrogens with two attached hydrogens (primary N) is 1. The molecule has 1 aliphatic heterocycles. The predicted molar refractivity (Wildman–Crippen MR) is 85.3 cm³/mol. The van der Waals surface area contributed by atoms with Crippen LogP contribution < -0.4 is 10.6 Å². The Hall–Kier alpha value is -0.610. The topological polar surface area (TPSA) is 29.3 Å². The fraction of sp³-hybridized carbons (Fsp3) is 0.500. The van der Waals surface area contributed by atoms with Crippen molar-refractivity contribution < 1.29 is 0 Å². The standard InChI is InChI=1S/C14H19BrN2S/c1-14(2)7-4-8-17(9-14)11-6-3-5-10(15)12(11)13(16)18/h3,5-6H,4,7-9H2,1-2H3,(H2,16,18). The van der Waals surface area contributed by atoms with Gasteiger partial charge in [0, 0.05) is 28.8 Å². The smallest absolute Gasteiger partial charge is 0.107 e. The number of hydrogen-bond donors (Lipinski definition) is 1. The fourth-order valence-electron chi connectivity index (χ4n) is 2.65. The van der Waals surface area contributed by atoms with Gasteiger partial charge in [-0.15, -0.1) is 0 Å². The molecule has 0 bridgehead atoms. The molecule has 0 spiro atoms. The van der Waals surface area contributed by atoms with Gasteiger partial charge in [0.1, 0.15) is 4.99 Å². The molecule has 4 heteroatoms. The summed E-state index contributed by atoms with van der Waals surface area (Å²) in [6.07, 6.45) is 2.50.